The number of aromatic nitrogens is 1. The zero-order valence-corrected chi connectivity index (χ0v) is 12.6. The molecule has 0 aromatic carbocycles. The van der Waals surface area contributed by atoms with Crippen molar-refractivity contribution in [1.82, 2.24) is 9.88 Å². The summed E-state index contributed by atoms with van der Waals surface area (Å²) in [6.45, 7) is 5.98. The molecule has 0 radical (unpaired) electrons. The molecule has 1 aliphatic heterocycles. The second-order valence-corrected chi connectivity index (χ2v) is 6.06. The maximum absolute atomic E-state index is 12.3. The molecule has 1 aromatic heterocycles. The number of ether oxygens (including phenoxy) is 1. The van der Waals surface area contributed by atoms with Gasteiger partial charge in [0.25, 0.3) is 0 Å². The predicted molar refractivity (Wildman–Crippen MR) is 78.8 cm³/mol. The van der Waals surface area contributed by atoms with Gasteiger partial charge < -0.3 is 10.1 Å². The number of hydrogen-bond donors (Lipinski definition) is 1. The van der Waals surface area contributed by atoms with Crippen molar-refractivity contribution in [3.05, 3.63) is 24.5 Å². The Balaban J connectivity index is 2.01. The number of nitrogens with zero attached hydrogens (tertiary/aromatic N) is 2. The molecule has 21 heavy (non-hydrogen) atoms. The molecule has 0 aliphatic carbocycles. The first kappa shape index (κ1) is 15.3. The summed E-state index contributed by atoms with van der Waals surface area (Å²) in [7, 11) is 0. The minimum absolute atomic E-state index is 0.202. The summed E-state index contributed by atoms with van der Waals surface area (Å²) in [5, 5.41) is 2.78. The molecule has 2 amide bonds. The highest BCUT2D eigenvalue weighted by Crippen LogP contribution is 2.22. The summed E-state index contributed by atoms with van der Waals surface area (Å²) in [6.07, 6.45) is 4.21. The Morgan fingerprint density at radius 1 is 1.43 bits per heavy atom. The van der Waals surface area contributed by atoms with Crippen LogP contribution in [-0.2, 0) is 9.53 Å². The first-order valence-electron chi connectivity index (χ1n) is 7.07. The number of carbonyl (C=O) groups is 2. The van der Waals surface area contributed by atoms with Crippen LogP contribution in [0.4, 0.5) is 10.5 Å². The lowest BCUT2D eigenvalue weighted by Gasteiger charge is -2.28. The third kappa shape index (κ3) is 4.18. The summed E-state index contributed by atoms with van der Waals surface area (Å²) in [4.78, 5) is 29.9. The van der Waals surface area contributed by atoms with E-state index in [0.717, 1.165) is 6.42 Å². The molecule has 1 saturated heterocycles. The number of anilines is 1. The van der Waals surface area contributed by atoms with Crippen LogP contribution in [0.1, 0.15) is 33.6 Å². The van der Waals surface area contributed by atoms with Crippen molar-refractivity contribution in [2.24, 2.45) is 0 Å². The molecule has 6 nitrogen and oxygen atoms in total. The summed E-state index contributed by atoms with van der Waals surface area (Å²) < 4.78 is 5.35. The average molecular weight is 291 g/mol. The summed E-state index contributed by atoms with van der Waals surface area (Å²) >= 11 is 0. The molecule has 2 rings (SSSR count). The van der Waals surface area contributed by atoms with Gasteiger partial charge in [0.05, 0.1) is 11.9 Å². The van der Waals surface area contributed by atoms with Crippen molar-refractivity contribution < 1.29 is 14.3 Å². The number of likely N-dealkylation sites (tertiary alicyclic amines) is 1. The van der Waals surface area contributed by atoms with Crippen LogP contribution < -0.4 is 5.32 Å². The topological polar surface area (TPSA) is 71.5 Å². The Labute approximate surface area is 124 Å². The van der Waals surface area contributed by atoms with E-state index in [0.29, 0.717) is 18.7 Å². The van der Waals surface area contributed by atoms with Crippen molar-refractivity contribution in [1.29, 1.82) is 0 Å². The summed E-state index contributed by atoms with van der Waals surface area (Å²) in [6, 6.07) is 3.02. The van der Waals surface area contributed by atoms with Gasteiger partial charge in [-0.3, -0.25) is 14.7 Å². The number of rotatable bonds is 2. The number of hydrogen-bond acceptors (Lipinski definition) is 4. The molecule has 1 aromatic rings. The van der Waals surface area contributed by atoms with Crippen LogP contribution in [-0.4, -0.2) is 40.1 Å². The van der Waals surface area contributed by atoms with Gasteiger partial charge in [0.15, 0.2) is 0 Å². The smallest absolute Gasteiger partial charge is 0.410 e. The lowest BCUT2D eigenvalue weighted by molar-refractivity contribution is -0.120. The monoisotopic (exact) mass is 291 g/mol. The van der Waals surface area contributed by atoms with Crippen molar-refractivity contribution >= 4 is 17.7 Å². The van der Waals surface area contributed by atoms with E-state index in [9.17, 15) is 9.59 Å². The molecule has 114 valence electrons. The third-order valence-corrected chi connectivity index (χ3v) is 3.11. The van der Waals surface area contributed by atoms with E-state index in [-0.39, 0.29) is 5.91 Å². The van der Waals surface area contributed by atoms with Crippen LogP contribution in [0.5, 0.6) is 0 Å². The second kappa shape index (κ2) is 6.11. The second-order valence-electron chi connectivity index (χ2n) is 6.06. The summed E-state index contributed by atoms with van der Waals surface area (Å²) in [5.74, 6) is -0.202. The summed E-state index contributed by atoms with van der Waals surface area (Å²) in [5.41, 5.74) is 0.0582. The number of nitrogens with one attached hydrogen (secondary N) is 1. The van der Waals surface area contributed by atoms with Crippen LogP contribution >= 0.6 is 0 Å². The molecular weight excluding hydrogens is 270 g/mol. The van der Waals surface area contributed by atoms with E-state index in [1.165, 1.54) is 4.90 Å². The molecule has 1 atom stereocenters. The quantitative estimate of drug-likeness (QED) is 0.908. The predicted octanol–water partition coefficient (Wildman–Crippen LogP) is 2.42. The standard InChI is InChI=1S/C15H21N3O3/c1-15(2,3)21-14(20)18-9-5-7-12(18)13(19)17-11-6-4-8-16-10-11/h4,6,8,10,12H,5,7,9H2,1-3H3,(H,17,19). The molecule has 0 bridgehead atoms. The minimum Gasteiger partial charge on any atom is -0.444 e. The number of pyridine rings is 1. The Kier molecular flexibility index (Phi) is 4.45. The molecule has 6 heteroatoms. The highest BCUT2D eigenvalue weighted by Gasteiger charge is 2.36. The van der Waals surface area contributed by atoms with Gasteiger partial charge in [0, 0.05) is 12.7 Å². The Hall–Kier alpha value is -2.11. The zero-order valence-electron chi connectivity index (χ0n) is 12.6. The van der Waals surface area contributed by atoms with Crippen LogP contribution in [0, 0.1) is 0 Å². The highest BCUT2D eigenvalue weighted by atomic mass is 16.6. The molecule has 1 aliphatic rings. The SMILES string of the molecule is CC(C)(C)OC(=O)N1CCCC1C(=O)Nc1cccnc1. The fraction of sp³-hybridized carbons (Fsp3) is 0.533. The molecule has 1 N–H and O–H groups in total. The van der Waals surface area contributed by atoms with Gasteiger partial charge in [-0.1, -0.05) is 0 Å². The fourth-order valence-electron chi connectivity index (χ4n) is 2.24. The molecule has 2 heterocycles. The lowest BCUT2D eigenvalue weighted by atomic mass is 10.2. The van der Waals surface area contributed by atoms with E-state index in [1.54, 1.807) is 24.5 Å². The van der Waals surface area contributed by atoms with Gasteiger partial charge >= 0.3 is 6.09 Å². The normalized spacial score (nSPS) is 18.4. The molecule has 1 fully saturated rings. The maximum Gasteiger partial charge on any atom is 0.410 e. The van der Waals surface area contributed by atoms with E-state index >= 15 is 0 Å². The van der Waals surface area contributed by atoms with Crippen LogP contribution in [0.3, 0.4) is 0 Å². The van der Waals surface area contributed by atoms with E-state index in [2.05, 4.69) is 10.3 Å². The van der Waals surface area contributed by atoms with Crippen LogP contribution in [0.15, 0.2) is 24.5 Å². The Bertz CT molecular complexity index is 511. The lowest BCUT2D eigenvalue weighted by Crippen LogP contribution is -2.45. The first-order chi connectivity index (χ1) is 9.87. The Morgan fingerprint density at radius 2 is 2.19 bits per heavy atom. The Morgan fingerprint density at radius 3 is 2.81 bits per heavy atom. The first-order valence-corrected chi connectivity index (χ1v) is 7.07. The van der Waals surface area contributed by atoms with E-state index in [4.69, 9.17) is 4.74 Å². The van der Waals surface area contributed by atoms with Gasteiger partial charge in [-0.15, -0.1) is 0 Å². The molecule has 0 saturated carbocycles. The zero-order chi connectivity index (χ0) is 15.5. The fourth-order valence-corrected chi connectivity index (χ4v) is 2.24. The molecule has 0 spiro atoms. The molecular formula is C15H21N3O3. The van der Waals surface area contributed by atoms with E-state index < -0.39 is 17.7 Å². The van der Waals surface area contributed by atoms with Crippen LogP contribution in [0.25, 0.3) is 0 Å². The van der Waals surface area contributed by atoms with Crippen molar-refractivity contribution in [2.45, 2.75) is 45.3 Å². The third-order valence-electron chi connectivity index (χ3n) is 3.11. The van der Waals surface area contributed by atoms with Gasteiger partial charge in [-0.05, 0) is 45.7 Å². The maximum atomic E-state index is 12.3. The van der Waals surface area contributed by atoms with Gasteiger partial charge in [-0.25, -0.2) is 4.79 Å². The van der Waals surface area contributed by atoms with Crippen molar-refractivity contribution in [2.75, 3.05) is 11.9 Å². The van der Waals surface area contributed by atoms with Gasteiger partial charge in [0.1, 0.15) is 11.6 Å². The van der Waals surface area contributed by atoms with Crippen molar-refractivity contribution in [3.8, 4) is 0 Å². The number of carbonyl (C=O) groups excluding carboxylic acids is 2. The molecule has 1 unspecified atom stereocenters. The van der Waals surface area contributed by atoms with E-state index in [1.807, 2.05) is 20.8 Å². The minimum atomic E-state index is -0.565. The average Bonchev–Trinajstić information content (AvgIpc) is 2.87. The van der Waals surface area contributed by atoms with Crippen molar-refractivity contribution in [3.63, 3.8) is 0 Å². The highest BCUT2D eigenvalue weighted by molar-refractivity contribution is 5.96. The van der Waals surface area contributed by atoms with Gasteiger partial charge in [-0.2, -0.15) is 0 Å². The number of amides is 2. The largest absolute Gasteiger partial charge is 0.444 e. The van der Waals surface area contributed by atoms with Crippen LogP contribution in [0.2, 0.25) is 0 Å². The van der Waals surface area contributed by atoms with Gasteiger partial charge in [0.2, 0.25) is 5.91 Å².